The third-order valence-electron chi connectivity index (χ3n) is 2.57. The number of aryl methyl sites for hydroxylation is 2. The fourth-order valence-electron chi connectivity index (χ4n) is 1.81. The summed E-state index contributed by atoms with van der Waals surface area (Å²) in [5, 5.41) is 12.6. The lowest BCUT2D eigenvalue weighted by molar-refractivity contribution is -0.138. The van der Waals surface area contributed by atoms with Gasteiger partial charge >= 0.3 is 5.97 Å². The highest BCUT2D eigenvalue weighted by molar-refractivity contribution is 5.75. The van der Waals surface area contributed by atoms with Gasteiger partial charge in [0, 0.05) is 11.5 Å². The number of rotatable bonds is 2. The molecular formula is C9H11NO3. The molecule has 0 aliphatic heterocycles. The number of carbonyl (C=O) groups is 1. The zero-order chi connectivity index (χ0) is 9.59. The van der Waals surface area contributed by atoms with Crippen LogP contribution in [0.5, 0.6) is 0 Å². The zero-order valence-electron chi connectivity index (χ0n) is 7.57. The second kappa shape index (κ2) is 2.58. The van der Waals surface area contributed by atoms with Crippen molar-refractivity contribution in [3.8, 4) is 0 Å². The van der Waals surface area contributed by atoms with Crippen molar-refractivity contribution in [2.75, 3.05) is 0 Å². The van der Waals surface area contributed by atoms with Crippen molar-refractivity contribution in [3.63, 3.8) is 0 Å². The van der Waals surface area contributed by atoms with E-state index >= 15 is 0 Å². The summed E-state index contributed by atoms with van der Waals surface area (Å²) in [4.78, 5) is 10.6. The van der Waals surface area contributed by atoms with Gasteiger partial charge in [0.05, 0.1) is 11.6 Å². The number of carboxylic acids is 1. The molecule has 0 radical (unpaired) electrons. The van der Waals surface area contributed by atoms with Crippen molar-refractivity contribution in [1.29, 1.82) is 0 Å². The van der Waals surface area contributed by atoms with E-state index in [1.807, 2.05) is 13.8 Å². The minimum atomic E-state index is -0.718. The van der Waals surface area contributed by atoms with Crippen LogP contribution in [-0.2, 0) is 4.79 Å². The van der Waals surface area contributed by atoms with E-state index in [2.05, 4.69) is 5.16 Å². The summed E-state index contributed by atoms with van der Waals surface area (Å²) in [5.74, 6) is -0.0585. The Kier molecular flexibility index (Phi) is 1.65. The Hall–Kier alpha value is -1.32. The summed E-state index contributed by atoms with van der Waals surface area (Å²) in [5.41, 5.74) is 1.82. The predicted molar refractivity (Wildman–Crippen MR) is 44.5 cm³/mol. The van der Waals surface area contributed by atoms with Crippen molar-refractivity contribution in [2.24, 2.45) is 5.92 Å². The molecule has 1 aromatic heterocycles. The highest BCUT2D eigenvalue weighted by atomic mass is 16.5. The molecule has 0 bridgehead atoms. The van der Waals surface area contributed by atoms with E-state index in [4.69, 9.17) is 9.63 Å². The summed E-state index contributed by atoms with van der Waals surface area (Å²) in [6.45, 7) is 3.68. The van der Waals surface area contributed by atoms with Crippen molar-refractivity contribution in [2.45, 2.75) is 26.2 Å². The van der Waals surface area contributed by atoms with E-state index in [0.29, 0.717) is 0 Å². The van der Waals surface area contributed by atoms with Crippen LogP contribution in [0, 0.1) is 19.8 Å². The van der Waals surface area contributed by atoms with Crippen LogP contribution in [0.1, 0.15) is 29.4 Å². The maximum atomic E-state index is 10.6. The Bertz CT molecular complexity index is 336. The van der Waals surface area contributed by atoms with Gasteiger partial charge in [-0.2, -0.15) is 0 Å². The van der Waals surface area contributed by atoms with Crippen LogP contribution in [0.2, 0.25) is 0 Å². The van der Waals surface area contributed by atoms with Gasteiger partial charge in [-0.1, -0.05) is 5.16 Å². The largest absolute Gasteiger partial charge is 0.481 e. The lowest BCUT2D eigenvalue weighted by Gasteiger charge is -1.94. The summed E-state index contributed by atoms with van der Waals surface area (Å²) < 4.78 is 4.98. The Morgan fingerprint density at radius 2 is 2.31 bits per heavy atom. The molecule has 1 fully saturated rings. The number of carboxylic acid groups (broad SMARTS) is 1. The minimum absolute atomic E-state index is 0.128. The quantitative estimate of drug-likeness (QED) is 0.750. The summed E-state index contributed by atoms with van der Waals surface area (Å²) in [6, 6.07) is 0. The summed E-state index contributed by atoms with van der Waals surface area (Å²) >= 11 is 0. The molecule has 0 saturated heterocycles. The van der Waals surface area contributed by atoms with Gasteiger partial charge in [-0.3, -0.25) is 4.79 Å². The molecule has 4 nitrogen and oxygen atoms in total. The average molecular weight is 181 g/mol. The molecule has 0 amide bonds. The van der Waals surface area contributed by atoms with Gasteiger partial charge in [-0.15, -0.1) is 0 Å². The molecule has 4 heteroatoms. The third kappa shape index (κ3) is 1.22. The molecule has 1 N–H and O–H groups in total. The first kappa shape index (κ1) is 8.29. The number of hydrogen-bond acceptors (Lipinski definition) is 3. The fourth-order valence-corrected chi connectivity index (χ4v) is 1.81. The minimum Gasteiger partial charge on any atom is -0.481 e. The Labute approximate surface area is 75.5 Å². The Morgan fingerprint density at radius 1 is 1.62 bits per heavy atom. The normalized spacial score (nSPS) is 26.0. The molecule has 13 heavy (non-hydrogen) atoms. The number of nitrogens with zero attached hydrogens (tertiary/aromatic N) is 1. The Morgan fingerprint density at radius 3 is 2.69 bits per heavy atom. The van der Waals surface area contributed by atoms with Crippen LogP contribution in [0.15, 0.2) is 4.52 Å². The molecule has 70 valence electrons. The van der Waals surface area contributed by atoms with Gasteiger partial charge in [0.25, 0.3) is 0 Å². The second-order valence-electron chi connectivity index (χ2n) is 3.52. The van der Waals surface area contributed by atoms with E-state index in [-0.39, 0.29) is 11.8 Å². The SMILES string of the molecule is Cc1noc(C)c1[C@@H]1C[C@H]1C(=O)O. The van der Waals surface area contributed by atoms with Gasteiger partial charge in [-0.05, 0) is 20.3 Å². The van der Waals surface area contributed by atoms with Crippen LogP contribution < -0.4 is 0 Å². The van der Waals surface area contributed by atoms with Gasteiger partial charge < -0.3 is 9.63 Å². The van der Waals surface area contributed by atoms with Crippen molar-refractivity contribution in [1.82, 2.24) is 5.16 Å². The van der Waals surface area contributed by atoms with E-state index < -0.39 is 5.97 Å². The second-order valence-corrected chi connectivity index (χ2v) is 3.52. The first-order chi connectivity index (χ1) is 6.11. The molecular weight excluding hydrogens is 170 g/mol. The molecule has 1 aliphatic carbocycles. The monoisotopic (exact) mass is 181 g/mol. The fraction of sp³-hybridized carbons (Fsp3) is 0.556. The zero-order valence-corrected chi connectivity index (χ0v) is 7.57. The van der Waals surface area contributed by atoms with Crippen molar-refractivity contribution >= 4 is 5.97 Å². The van der Waals surface area contributed by atoms with Crippen LogP contribution in [-0.4, -0.2) is 16.2 Å². The number of hydrogen-bond donors (Lipinski definition) is 1. The van der Waals surface area contributed by atoms with Crippen LogP contribution in [0.4, 0.5) is 0 Å². The lowest BCUT2D eigenvalue weighted by Crippen LogP contribution is -1.99. The standard InChI is InChI=1S/C9H11NO3/c1-4-8(5(2)13-10-4)6-3-7(6)9(11)12/h6-7H,3H2,1-2H3,(H,11,12)/t6-,7-/m1/s1. The van der Waals surface area contributed by atoms with E-state index in [1.54, 1.807) is 0 Å². The maximum Gasteiger partial charge on any atom is 0.307 e. The highest BCUT2D eigenvalue weighted by Crippen LogP contribution is 2.49. The predicted octanol–water partition coefficient (Wildman–Crippen LogP) is 1.48. The topological polar surface area (TPSA) is 63.3 Å². The smallest absolute Gasteiger partial charge is 0.307 e. The average Bonchev–Trinajstić information content (AvgIpc) is 2.76. The molecule has 2 atom stereocenters. The number of aromatic nitrogens is 1. The van der Waals surface area contributed by atoms with Gasteiger partial charge in [0.1, 0.15) is 5.76 Å². The molecule has 1 aromatic rings. The molecule has 0 unspecified atom stereocenters. The molecule has 1 saturated carbocycles. The molecule has 1 aliphatic rings. The number of aliphatic carboxylic acids is 1. The van der Waals surface area contributed by atoms with Crippen LogP contribution in [0.3, 0.4) is 0 Å². The van der Waals surface area contributed by atoms with E-state index in [0.717, 1.165) is 23.4 Å². The molecule has 2 rings (SSSR count). The first-order valence-electron chi connectivity index (χ1n) is 4.27. The highest BCUT2D eigenvalue weighted by Gasteiger charge is 2.46. The molecule has 0 spiro atoms. The van der Waals surface area contributed by atoms with Crippen LogP contribution >= 0.6 is 0 Å². The van der Waals surface area contributed by atoms with Crippen molar-refractivity contribution in [3.05, 3.63) is 17.0 Å². The third-order valence-corrected chi connectivity index (χ3v) is 2.57. The summed E-state index contributed by atoms with van der Waals surface area (Å²) in [6.07, 6.45) is 0.720. The first-order valence-corrected chi connectivity index (χ1v) is 4.27. The maximum absolute atomic E-state index is 10.6. The van der Waals surface area contributed by atoms with E-state index in [9.17, 15) is 4.79 Å². The molecule has 1 heterocycles. The lowest BCUT2D eigenvalue weighted by atomic mass is 10.1. The Balaban J connectivity index is 2.24. The summed E-state index contributed by atoms with van der Waals surface area (Å²) in [7, 11) is 0. The van der Waals surface area contributed by atoms with Crippen LogP contribution in [0.25, 0.3) is 0 Å². The van der Waals surface area contributed by atoms with E-state index in [1.165, 1.54) is 0 Å². The van der Waals surface area contributed by atoms with Gasteiger partial charge in [-0.25, -0.2) is 0 Å². The van der Waals surface area contributed by atoms with Crippen molar-refractivity contribution < 1.29 is 14.4 Å². The van der Waals surface area contributed by atoms with Gasteiger partial charge in [0.2, 0.25) is 0 Å². The van der Waals surface area contributed by atoms with Gasteiger partial charge in [0.15, 0.2) is 0 Å². The molecule has 0 aromatic carbocycles.